The first-order chi connectivity index (χ1) is 15.4. The van der Waals surface area contributed by atoms with Crippen molar-refractivity contribution in [2.45, 2.75) is 19.4 Å². The number of ether oxygens (including phenoxy) is 1. The van der Waals surface area contributed by atoms with E-state index < -0.39 is 23.6 Å². The zero-order valence-corrected chi connectivity index (χ0v) is 17.6. The first-order valence-electron chi connectivity index (χ1n) is 9.87. The van der Waals surface area contributed by atoms with Gasteiger partial charge < -0.3 is 25.0 Å². The number of pyridine rings is 1. The summed E-state index contributed by atoms with van der Waals surface area (Å²) in [5, 5.41) is 15.0. The van der Waals surface area contributed by atoms with E-state index in [1.165, 1.54) is 23.9 Å². The molecule has 0 spiro atoms. The van der Waals surface area contributed by atoms with Gasteiger partial charge in [-0.1, -0.05) is 18.2 Å². The second-order valence-corrected chi connectivity index (χ2v) is 6.87. The number of hydrogen-bond donors (Lipinski definition) is 3. The fourth-order valence-corrected chi connectivity index (χ4v) is 3.05. The Morgan fingerprint density at radius 3 is 2.78 bits per heavy atom. The first kappa shape index (κ1) is 22.5. The van der Waals surface area contributed by atoms with Crippen molar-refractivity contribution in [3.63, 3.8) is 0 Å². The molecule has 0 fully saturated rings. The summed E-state index contributed by atoms with van der Waals surface area (Å²) in [5.74, 6) is -0.865. The molecular weight excluding hydrogens is 414 g/mol. The van der Waals surface area contributed by atoms with Gasteiger partial charge in [-0.25, -0.2) is 4.79 Å². The molecule has 1 aromatic carbocycles. The number of aromatic nitrogens is 3. The predicted molar refractivity (Wildman–Crippen MR) is 117 cm³/mol. The van der Waals surface area contributed by atoms with Gasteiger partial charge in [0.1, 0.15) is 5.75 Å². The van der Waals surface area contributed by atoms with Crippen molar-refractivity contribution in [1.82, 2.24) is 19.9 Å². The number of urea groups is 1. The number of aryl methyl sites for hydroxylation is 1. The number of carbonyl (C=O) groups is 2. The Labute approximate surface area is 183 Å². The smallest absolute Gasteiger partial charge is 0.319 e. The Balaban J connectivity index is 1.87. The summed E-state index contributed by atoms with van der Waals surface area (Å²) >= 11 is 0. The number of nitrogens with one attached hydrogen (secondary N) is 2. The molecule has 2 heterocycles. The maximum Gasteiger partial charge on any atom is 0.319 e. The van der Waals surface area contributed by atoms with Crippen LogP contribution in [0.25, 0.3) is 11.3 Å². The molecular formula is C22H23N5O5. The molecule has 3 N–H and O–H groups in total. The zero-order chi connectivity index (χ0) is 23.1. The van der Waals surface area contributed by atoms with E-state index in [1.807, 2.05) is 6.07 Å². The highest BCUT2D eigenvalue weighted by molar-refractivity contribution is 5.91. The lowest BCUT2D eigenvalue weighted by Crippen LogP contribution is -2.36. The number of amides is 2. The van der Waals surface area contributed by atoms with Crippen molar-refractivity contribution in [3.8, 4) is 17.0 Å². The number of nitrogens with zero attached hydrogens (tertiary/aromatic N) is 3. The molecule has 32 heavy (non-hydrogen) atoms. The summed E-state index contributed by atoms with van der Waals surface area (Å²) in [6, 6.07) is 6.91. The van der Waals surface area contributed by atoms with Gasteiger partial charge in [-0.3, -0.25) is 19.6 Å². The van der Waals surface area contributed by atoms with E-state index in [1.54, 1.807) is 43.7 Å². The van der Waals surface area contributed by atoms with Gasteiger partial charge in [0.25, 0.3) is 5.56 Å². The fraction of sp³-hybridized carbons (Fsp3) is 0.227. The summed E-state index contributed by atoms with van der Waals surface area (Å²) in [5.41, 5.74) is 1.16. The van der Waals surface area contributed by atoms with Crippen molar-refractivity contribution < 1.29 is 19.4 Å². The van der Waals surface area contributed by atoms with E-state index in [4.69, 9.17) is 4.74 Å². The van der Waals surface area contributed by atoms with Crippen LogP contribution in [0.1, 0.15) is 24.9 Å². The van der Waals surface area contributed by atoms with Gasteiger partial charge in [-0.05, 0) is 24.6 Å². The van der Waals surface area contributed by atoms with Gasteiger partial charge in [-0.15, -0.1) is 0 Å². The molecule has 10 nitrogen and oxygen atoms in total. The Bertz CT molecular complexity index is 1160. The lowest BCUT2D eigenvalue weighted by atomic mass is 10.00. The molecule has 0 saturated heterocycles. The molecule has 1 atom stereocenters. The first-order valence-corrected chi connectivity index (χ1v) is 9.87. The topological polar surface area (TPSA) is 135 Å². The molecule has 2 amide bonds. The largest absolute Gasteiger partial charge is 0.505 e. The van der Waals surface area contributed by atoms with Crippen LogP contribution in [0.5, 0.6) is 5.75 Å². The molecule has 3 aromatic rings. The number of benzene rings is 1. The number of hydrogen-bond acceptors (Lipinski definition) is 7. The van der Waals surface area contributed by atoms with E-state index >= 15 is 0 Å². The molecule has 3 rings (SSSR count). The van der Waals surface area contributed by atoms with Gasteiger partial charge in [0.2, 0.25) is 0 Å². The summed E-state index contributed by atoms with van der Waals surface area (Å²) < 4.78 is 6.25. The average molecular weight is 437 g/mol. The zero-order valence-electron chi connectivity index (χ0n) is 17.6. The van der Waals surface area contributed by atoms with Gasteiger partial charge in [0, 0.05) is 31.2 Å². The highest BCUT2D eigenvalue weighted by atomic mass is 16.5. The van der Waals surface area contributed by atoms with Crippen LogP contribution in [-0.4, -0.2) is 38.2 Å². The molecule has 0 aliphatic rings. The summed E-state index contributed by atoms with van der Waals surface area (Å²) in [7, 11) is 1.49. The van der Waals surface area contributed by atoms with Crippen molar-refractivity contribution in [3.05, 3.63) is 71.0 Å². The van der Waals surface area contributed by atoms with Crippen LogP contribution in [0.2, 0.25) is 0 Å². The lowest BCUT2D eigenvalue weighted by molar-refractivity contribution is -0.143. The molecule has 2 aromatic heterocycles. The van der Waals surface area contributed by atoms with E-state index in [9.17, 15) is 19.5 Å². The summed E-state index contributed by atoms with van der Waals surface area (Å²) in [4.78, 5) is 45.4. The van der Waals surface area contributed by atoms with Crippen molar-refractivity contribution in [1.29, 1.82) is 0 Å². The van der Waals surface area contributed by atoms with Crippen LogP contribution in [0.4, 0.5) is 10.5 Å². The van der Waals surface area contributed by atoms with Crippen LogP contribution in [0.15, 0.2) is 59.9 Å². The van der Waals surface area contributed by atoms with E-state index in [0.29, 0.717) is 11.3 Å². The minimum atomic E-state index is -0.764. The van der Waals surface area contributed by atoms with Crippen LogP contribution in [0, 0.1) is 0 Å². The van der Waals surface area contributed by atoms with Gasteiger partial charge in [0.15, 0.2) is 5.69 Å². The van der Waals surface area contributed by atoms with Crippen LogP contribution >= 0.6 is 0 Å². The van der Waals surface area contributed by atoms with Crippen molar-refractivity contribution in [2.75, 3.05) is 11.9 Å². The third kappa shape index (κ3) is 5.48. The highest BCUT2D eigenvalue weighted by Gasteiger charge is 2.21. The standard InChI is InChI=1S/C22H23N5O5/c1-3-32-19(29)12-16(14-5-4-6-15(11-14)17-13-23-8-9-24-17)25-22(31)26-20-18(28)7-10-27(2)21(20)30/h4-11,13,16,28H,3,12H2,1-2H3,(H2,25,26,31)/t16-/m0/s1. The van der Waals surface area contributed by atoms with E-state index in [-0.39, 0.29) is 24.5 Å². The Morgan fingerprint density at radius 2 is 2.06 bits per heavy atom. The Hall–Kier alpha value is -4.21. The molecule has 10 heteroatoms. The van der Waals surface area contributed by atoms with Crippen molar-refractivity contribution >= 4 is 17.7 Å². The molecule has 0 unspecified atom stereocenters. The predicted octanol–water partition coefficient (Wildman–Crippen LogP) is 2.36. The number of rotatable bonds is 7. The van der Waals surface area contributed by atoms with Crippen LogP contribution in [-0.2, 0) is 16.6 Å². The number of esters is 1. The monoisotopic (exact) mass is 437 g/mol. The van der Waals surface area contributed by atoms with Gasteiger partial charge in [-0.2, -0.15) is 0 Å². The van der Waals surface area contributed by atoms with Gasteiger partial charge in [0.05, 0.1) is 31.0 Å². The Kier molecular flexibility index (Phi) is 7.17. The Morgan fingerprint density at radius 1 is 1.25 bits per heavy atom. The molecule has 0 radical (unpaired) electrons. The SMILES string of the molecule is CCOC(=O)C[C@H](NC(=O)Nc1c(O)ccn(C)c1=O)c1cccc(-c2cnccn2)c1. The average Bonchev–Trinajstić information content (AvgIpc) is 2.80. The minimum absolute atomic E-state index is 0.135. The van der Waals surface area contributed by atoms with Crippen LogP contribution < -0.4 is 16.2 Å². The number of carbonyl (C=O) groups excluding carboxylic acids is 2. The number of aromatic hydroxyl groups is 1. The summed E-state index contributed by atoms with van der Waals surface area (Å²) in [6.45, 7) is 1.89. The molecule has 0 aliphatic carbocycles. The van der Waals surface area contributed by atoms with Gasteiger partial charge >= 0.3 is 12.0 Å². The fourth-order valence-electron chi connectivity index (χ4n) is 3.05. The van der Waals surface area contributed by atoms with Crippen LogP contribution in [0.3, 0.4) is 0 Å². The maximum absolute atomic E-state index is 12.7. The molecule has 0 aliphatic heterocycles. The number of anilines is 1. The van der Waals surface area contributed by atoms with E-state index in [0.717, 1.165) is 5.56 Å². The highest BCUT2D eigenvalue weighted by Crippen LogP contribution is 2.24. The molecule has 166 valence electrons. The second kappa shape index (κ2) is 10.2. The quantitative estimate of drug-likeness (QED) is 0.483. The maximum atomic E-state index is 12.7. The third-order valence-electron chi connectivity index (χ3n) is 4.61. The van der Waals surface area contributed by atoms with E-state index in [2.05, 4.69) is 20.6 Å². The lowest BCUT2D eigenvalue weighted by Gasteiger charge is -2.20. The summed E-state index contributed by atoms with van der Waals surface area (Å²) in [6.07, 6.45) is 5.97. The van der Waals surface area contributed by atoms with Crippen molar-refractivity contribution in [2.24, 2.45) is 7.05 Å². The minimum Gasteiger partial charge on any atom is -0.505 e. The normalized spacial score (nSPS) is 11.4. The third-order valence-corrected chi connectivity index (χ3v) is 4.61. The second-order valence-electron chi connectivity index (χ2n) is 6.87. The molecule has 0 saturated carbocycles. The molecule has 0 bridgehead atoms.